The van der Waals surface area contributed by atoms with Crippen LogP contribution in [-0.2, 0) is 9.53 Å². The molecule has 1 aliphatic heterocycles. The quantitative estimate of drug-likeness (QED) is 0.897. The monoisotopic (exact) mass is 298 g/mol. The zero-order chi connectivity index (χ0) is 12.3. The number of hydrogen-bond donors (Lipinski definition) is 1. The van der Waals surface area contributed by atoms with E-state index in [4.69, 9.17) is 4.74 Å². The number of carbonyl (C=O) groups excluding carboxylic acids is 1. The first-order valence-corrected chi connectivity index (χ1v) is 6.33. The molecule has 1 amide bonds. The molecule has 0 saturated carbocycles. The van der Waals surface area contributed by atoms with Crippen LogP contribution in [-0.4, -0.2) is 38.8 Å². The molecule has 1 aromatic carbocycles. The summed E-state index contributed by atoms with van der Waals surface area (Å²) in [4.78, 5) is 13.8. The molecule has 0 aliphatic carbocycles. The number of nitrogens with one attached hydrogen (secondary N) is 1. The van der Waals surface area contributed by atoms with Gasteiger partial charge in [-0.2, -0.15) is 0 Å². The van der Waals surface area contributed by atoms with Crippen LogP contribution < -0.4 is 10.2 Å². The number of anilines is 1. The molecule has 1 saturated heterocycles. The van der Waals surface area contributed by atoms with Crippen molar-refractivity contribution in [3.63, 3.8) is 0 Å². The van der Waals surface area contributed by atoms with Gasteiger partial charge in [0.1, 0.15) is 6.10 Å². The maximum Gasteiger partial charge on any atom is 0.257 e. The molecule has 17 heavy (non-hydrogen) atoms. The lowest BCUT2D eigenvalue weighted by Crippen LogP contribution is -2.48. The van der Waals surface area contributed by atoms with Crippen molar-refractivity contribution in [2.45, 2.75) is 6.10 Å². The first-order valence-electron chi connectivity index (χ1n) is 5.54. The van der Waals surface area contributed by atoms with Gasteiger partial charge in [0.25, 0.3) is 5.91 Å². The normalized spacial score (nSPS) is 20.0. The number of carbonyl (C=O) groups is 1. The van der Waals surface area contributed by atoms with E-state index in [1.165, 1.54) is 0 Å². The molecule has 0 spiro atoms. The standard InChI is InChI=1S/C12H15BrN2O2/c1-15(10-4-2-3-9(13)7-10)12(16)11-8-14-5-6-17-11/h2-4,7,11,14H,5-6,8H2,1H3. The van der Waals surface area contributed by atoms with Crippen molar-refractivity contribution in [2.24, 2.45) is 0 Å². The number of benzene rings is 1. The molecule has 1 atom stereocenters. The molecule has 1 N–H and O–H groups in total. The summed E-state index contributed by atoms with van der Waals surface area (Å²) < 4.78 is 6.40. The van der Waals surface area contributed by atoms with Gasteiger partial charge in [0.15, 0.2) is 0 Å². The smallest absolute Gasteiger partial charge is 0.257 e. The molecule has 1 unspecified atom stereocenters. The topological polar surface area (TPSA) is 41.6 Å². The van der Waals surface area contributed by atoms with E-state index in [2.05, 4.69) is 21.2 Å². The minimum Gasteiger partial charge on any atom is -0.366 e. The van der Waals surface area contributed by atoms with Gasteiger partial charge in [0.2, 0.25) is 0 Å². The van der Waals surface area contributed by atoms with E-state index >= 15 is 0 Å². The number of nitrogens with zero attached hydrogens (tertiary/aromatic N) is 1. The minimum atomic E-state index is -0.382. The summed E-state index contributed by atoms with van der Waals surface area (Å²) in [5.41, 5.74) is 0.860. The van der Waals surface area contributed by atoms with Crippen molar-refractivity contribution in [3.05, 3.63) is 28.7 Å². The summed E-state index contributed by atoms with van der Waals surface area (Å²) in [5.74, 6) is -0.0182. The van der Waals surface area contributed by atoms with Gasteiger partial charge in [0, 0.05) is 30.3 Å². The number of hydrogen-bond acceptors (Lipinski definition) is 3. The molecule has 1 aromatic rings. The molecule has 2 rings (SSSR count). The Labute approximate surface area is 109 Å². The van der Waals surface area contributed by atoms with Crippen LogP contribution in [0.3, 0.4) is 0 Å². The van der Waals surface area contributed by atoms with Gasteiger partial charge in [-0.3, -0.25) is 4.79 Å². The van der Waals surface area contributed by atoms with E-state index < -0.39 is 0 Å². The van der Waals surface area contributed by atoms with Gasteiger partial charge < -0.3 is 15.0 Å². The van der Waals surface area contributed by atoms with Gasteiger partial charge in [-0.1, -0.05) is 22.0 Å². The van der Waals surface area contributed by atoms with Gasteiger partial charge in [-0.05, 0) is 18.2 Å². The molecule has 0 radical (unpaired) electrons. The number of morpholine rings is 1. The van der Waals surface area contributed by atoms with E-state index in [0.29, 0.717) is 13.2 Å². The number of rotatable bonds is 2. The fourth-order valence-corrected chi connectivity index (χ4v) is 2.14. The third-order valence-corrected chi connectivity index (χ3v) is 3.22. The van der Waals surface area contributed by atoms with E-state index in [1.807, 2.05) is 24.3 Å². The first-order chi connectivity index (χ1) is 8.18. The van der Waals surface area contributed by atoms with Crippen molar-refractivity contribution in [2.75, 3.05) is 31.6 Å². The summed E-state index contributed by atoms with van der Waals surface area (Å²) in [7, 11) is 1.77. The minimum absolute atomic E-state index is 0.0182. The third-order valence-electron chi connectivity index (χ3n) is 2.73. The predicted octanol–water partition coefficient (Wildman–Crippen LogP) is 1.40. The van der Waals surface area contributed by atoms with Gasteiger partial charge in [-0.15, -0.1) is 0 Å². The van der Waals surface area contributed by atoms with E-state index in [9.17, 15) is 4.79 Å². The van der Waals surface area contributed by atoms with Crippen LogP contribution >= 0.6 is 15.9 Å². The maximum atomic E-state index is 12.2. The van der Waals surface area contributed by atoms with Crippen molar-refractivity contribution < 1.29 is 9.53 Å². The van der Waals surface area contributed by atoms with Crippen molar-refractivity contribution >= 4 is 27.5 Å². The van der Waals surface area contributed by atoms with Gasteiger partial charge >= 0.3 is 0 Å². The van der Waals surface area contributed by atoms with Crippen LogP contribution in [0.15, 0.2) is 28.7 Å². The zero-order valence-corrected chi connectivity index (χ0v) is 11.2. The second-order valence-corrected chi connectivity index (χ2v) is 4.86. The largest absolute Gasteiger partial charge is 0.366 e. The van der Waals surface area contributed by atoms with Crippen LogP contribution in [0.4, 0.5) is 5.69 Å². The lowest BCUT2D eigenvalue weighted by atomic mass is 10.2. The summed E-state index contributed by atoms with van der Waals surface area (Å²) in [6.45, 7) is 1.98. The summed E-state index contributed by atoms with van der Waals surface area (Å²) >= 11 is 3.39. The molecular formula is C12H15BrN2O2. The van der Waals surface area contributed by atoms with Gasteiger partial charge in [0.05, 0.1) is 6.61 Å². The zero-order valence-electron chi connectivity index (χ0n) is 9.65. The number of halogens is 1. The molecule has 0 bridgehead atoms. The number of amides is 1. The molecule has 1 aliphatic rings. The van der Waals surface area contributed by atoms with Crippen molar-refractivity contribution in [1.29, 1.82) is 0 Å². The highest BCUT2D eigenvalue weighted by Crippen LogP contribution is 2.19. The Balaban J connectivity index is 2.08. The Morgan fingerprint density at radius 2 is 2.41 bits per heavy atom. The van der Waals surface area contributed by atoms with Crippen LogP contribution in [0.25, 0.3) is 0 Å². The Morgan fingerprint density at radius 1 is 1.59 bits per heavy atom. The fourth-order valence-electron chi connectivity index (χ4n) is 1.75. The molecular weight excluding hydrogens is 284 g/mol. The third kappa shape index (κ3) is 3.06. The van der Waals surface area contributed by atoms with Crippen molar-refractivity contribution in [1.82, 2.24) is 5.32 Å². The average molecular weight is 299 g/mol. The lowest BCUT2D eigenvalue weighted by molar-refractivity contribution is -0.131. The molecule has 0 aromatic heterocycles. The van der Waals surface area contributed by atoms with E-state index in [1.54, 1.807) is 11.9 Å². The highest BCUT2D eigenvalue weighted by atomic mass is 79.9. The van der Waals surface area contributed by atoms with Crippen LogP contribution in [0, 0.1) is 0 Å². The number of ether oxygens (including phenoxy) is 1. The molecule has 4 nitrogen and oxygen atoms in total. The Hall–Kier alpha value is -0.910. The highest BCUT2D eigenvalue weighted by molar-refractivity contribution is 9.10. The Morgan fingerprint density at radius 3 is 3.06 bits per heavy atom. The molecule has 1 fully saturated rings. The summed E-state index contributed by atoms with van der Waals surface area (Å²) in [5, 5.41) is 3.15. The fraction of sp³-hybridized carbons (Fsp3) is 0.417. The van der Waals surface area contributed by atoms with E-state index in [-0.39, 0.29) is 12.0 Å². The highest BCUT2D eigenvalue weighted by Gasteiger charge is 2.25. The second kappa shape index (κ2) is 5.62. The Bertz CT molecular complexity index is 405. The summed E-state index contributed by atoms with van der Waals surface area (Å²) in [6.07, 6.45) is -0.382. The summed E-state index contributed by atoms with van der Waals surface area (Å²) in [6, 6.07) is 7.65. The molecule has 1 heterocycles. The molecule has 5 heteroatoms. The first kappa shape index (κ1) is 12.5. The predicted molar refractivity (Wildman–Crippen MR) is 70.2 cm³/mol. The van der Waals surface area contributed by atoms with Crippen molar-refractivity contribution in [3.8, 4) is 0 Å². The van der Waals surface area contributed by atoms with Crippen LogP contribution in [0.2, 0.25) is 0 Å². The Kier molecular flexibility index (Phi) is 4.15. The molecule has 92 valence electrons. The SMILES string of the molecule is CN(C(=O)C1CNCCO1)c1cccc(Br)c1. The van der Waals surface area contributed by atoms with Crippen LogP contribution in [0.1, 0.15) is 0 Å². The van der Waals surface area contributed by atoms with E-state index in [0.717, 1.165) is 16.7 Å². The van der Waals surface area contributed by atoms with Gasteiger partial charge in [-0.25, -0.2) is 0 Å². The second-order valence-electron chi connectivity index (χ2n) is 3.94. The number of likely N-dealkylation sites (N-methyl/N-ethyl adjacent to an activating group) is 1. The van der Waals surface area contributed by atoms with Crippen LogP contribution in [0.5, 0.6) is 0 Å². The lowest BCUT2D eigenvalue weighted by Gasteiger charge is -2.27. The average Bonchev–Trinajstić information content (AvgIpc) is 2.38. The maximum absolute atomic E-state index is 12.2.